The SMILES string of the molecule is COc1ccc(/C=C/CN)cc1OC1CCCN(C)C1. The first kappa shape index (κ1) is 14.9. The Balaban J connectivity index is 2.13. The lowest BCUT2D eigenvalue weighted by molar-refractivity contribution is 0.101. The molecule has 0 aromatic heterocycles. The van der Waals surface area contributed by atoms with Crippen LogP contribution < -0.4 is 15.2 Å². The average molecular weight is 276 g/mol. The zero-order chi connectivity index (χ0) is 14.4. The summed E-state index contributed by atoms with van der Waals surface area (Å²) < 4.78 is 11.5. The van der Waals surface area contributed by atoms with Gasteiger partial charge in [0.15, 0.2) is 11.5 Å². The summed E-state index contributed by atoms with van der Waals surface area (Å²) >= 11 is 0. The highest BCUT2D eigenvalue weighted by Gasteiger charge is 2.20. The first-order chi connectivity index (χ1) is 9.72. The Morgan fingerprint density at radius 2 is 2.25 bits per heavy atom. The molecule has 1 atom stereocenters. The van der Waals surface area contributed by atoms with Crippen LogP contribution in [0.25, 0.3) is 6.08 Å². The van der Waals surface area contributed by atoms with Crippen LogP contribution in [0.3, 0.4) is 0 Å². The van der Waals surface area contributed by atoms with Gasteiger partial charge in [0.25, 0.3) is 0 Å². The minimum atomic E-state index is 0.233. The summed E-state index contributed by atoms with van der Waals surface area (Å²) in [7, 11) is 3.80. The van der Waals surface area contributed by atoms with Crippen LogP contribution in [-0.4, -0.2) is 44.8 Å². The molecule has 4 heteroatoms. The molecule has 1 heterocycles. The average Bonchev–Trinajstić information content (AvgIpc) is 2.45. The Morgan fingerprint density at radius 3 is 2.95 bits per heavy atom. The van der Waals surface area contributed by atoms with E-state index in [1.54, 1.807) is 7.11 Å². The highest BCUT2D eigenvalue weighted by atomic mass is 16.5. The molecule has 1 aromatic rings. The van der Waals surface area contributed by atoms with E-state index >= 15 is 0 Å². The van der Waals surface area contributed by atoms with E-state index in [1.807, 2.05) is 30.4 Å². The lowest BCUT2D eigenvalue weighted by atomic mass is 10.1. The number of likely N-dealkylation sites (tertiary alicyclic amines) is 1. The molecule has 1 aliphatic rings. The number of nitrogens with two attached hydrogens (primary N) is 1. The Kier molecular flexibility index (Phi) is 5.44. The van der Waals surface area contributed by atoms with E-state index in [0.29, 0.717) is 6.54 Å². The predicted octanol–water partition coefficient (Wildman–Crippen LogP) is 2.14. The van der Waals surface area contributed by atoms with Crippen molar-refractivity contribution in [2.45, 2.75) is 18.9 Å². The number of hydrogen-bond acceptors (Lipinski definition) is 4. The van der Waals surface area contributed by atoms with Crippen molar-refractivity contribution in [2.24, 2.45) is 5.73 Å². The fourth-order valence-electron chi connectivity index (χ4n) is 2.49. The molecule has 0 amide bonds. The number of rotatable bonds is 5. The molecule has 1 unspecified atom stereocenters. The van der Waals surface area contributed by atoms with Gasteiger partial charge < -0.3 is 20.1 Å². The summed E-state index contributed by atoms with van der Waals surface area (Å²) in [4.78, 5) is 2.30. The summed E-state index contributed by atoms with van der Waals surface area (Å²) in [6.45, 7) is 2.65. The van der Waals surface area contributed by atoms with Gasteiger partial charge in [-0.05, 0) is 44.1 Å². The smallest absolute Gasteiger partial charge is 0.162 e. The molecule has 1 saturated heterocycles. The van der Waals surface area contributed by atoms with E-state index in [9.17, 15) is 0 Å². The Bertz CT molecular complexity index is 460. The van der Waals surface area contributed by atoms with Crippen LogP contribution >= 0.6 is 0 Å². The van der Waals surface area contributed by atoms with E-state index in [2.05, 4.69) is 11.9 Å². The van der Waals surface area contributed by atoms with E-state index < -0.39 is 0 Å². The summed E-state index contributed by atoms with van der Waals surface area (Å²) in [6, 6.07) is 5.96. The number of piperidine rings is 1. The maximum atomic E-state index is 6.14. The third-order valence-corrected chi connectivity index (χ3v) is 3.51. The first-order valence-electron chi connectivity index (χ1n) is 7.12. The molecule has 2 rings (SSSR count). The third-order valence-electron chi connectivity index (χ3n) is 3.51. The van der Waals surface area contributed by atoms with Gasteiger partial charge in [0.2, 0.25) is 0 Å². The molecule has 0 radical (unpaired) electrons. The molecule has 1 fully saturated rings. The van der Waals surface area contributed by atoms with Gasteiger partial charge in [0.1, 0.15) is 6.10 Å². The minimum Gasteiger partial charge on any atom is -0.493 e. The van der Waals surface area contributed by atoms with E-state index in [-0.39, 0.29) is 6.10 Å². The number of nitrogens with zero attached hydrogens (tertiary/aromatic N) is 1. The molecule has 4 nitrogen and oxygen atoms in total. The van der Waals surface area contributed by atoms with Crippen molar-refractivity contribution in [3.05, 3.63) is 29.8 Å². The van der Waals surface area contributed by atoms with Crippen molar-refractivity contribution >= 4 is 6.08 Å². The summed E-state index contributed by atoms with van der Waals surface area (Å²) in [5.41, 5.74) is 6.57. The zero-order valence-electron chi connectivity index (χ0n) is 12.3. The highest BCUT2D eigenvalue weighted by molar-refractivity contribution is 5.56. The molecule has 0 bridgehead atoms. The van der Waals surface area contributed by atoms with Gasteiger partial charge in [-0.3, -0.25) is 0 Å². The van der Waals surface area contributed by atoms with Crippen molar-refractivity contribution in [3.8, 4) is 11.5 Å². The first-order valence-corrected chi connectivity index (χ1v) is 7.12. The van der Waals surface area contributed by atoms with Crippen molar-refractivity contribution in [1.82, 2.24) is 4.90 Å². The van der Waals surface area contributed by atoms with E-state index in [4.69, 9.17) is 15.2 Å². The van der Waals surface area contributed by atoms with Crippen molar-refractivity contribution < 1.29 is 9.47 Å². The quantitative estimate of drug-likeness (QED) is 0.895. The van der Waals surface area contributed by atoms with Crippen molar-refractivity contribution in [3.63, 3.8) is 0 Å². The maximum Gasteiger partial charge on any atom is 0.162 e. The zero-order valence-corrected chi connectivity index (χ0v) is 12.3. The van der Waals surface area contributed by atoms with E-state index in [1.165, 1.54) is 6.42 Å². The van der Waals surface area contributed by atoms with Gasteiger partial charge >= 0.3 is 0 Å². The second kappa shape index (κ2) is 7.31. The number of ether oxygens (including phenoxy) is 2. The summed E-state index contributed by atoms with van der Waals surface area (Å²) in [6.07, 6.45) is 6.43. The fraction of sp³-hybridized carbons (Fsp3) is 0.500. The van der Waals surface area contributed by atoms with Gasteiger partial charge in [0.05, 0.1) is 7.11 Å². The Hall–Kier alpha value is -1.52. The maximum absolute atomic E-state index is 6.14. The Morgan fingerprint density at radius 1 is 1.40 bits per heavy atom. The predicted molar refractivity (Wildman–Crippen MR) is 82.2 cm³/mol. The number of benzene rings is 1. The topological polar surface area (TPSA) is 47.7 Å². The second-order valence-corrected chi connectivity index (χ2v) is 5.19. The molecule has 20 heavy (non-hydrogen) atoms. The summed E-state index contributed by atoms with van der Waals surface area (Å²) in [5.74, 6) is 1.59. The van der Waals surface area contributed by atoms with Gasteiger partial charge in [-0.15, -0.1) is 0 Å². The molecule has 0 saturated carbocycles. The Labute approximate surface area is 121 Å². The molecule has 0 aliphatic carbocycles. The second-order valence-electron chi connectivity index (χ2n) is 5.19. The van der Waals surface area contributed by atoms with Crippen LogP contribution in [0, 0.1) is 0 Å². The van der Waals surface area contributed by atoms with Crippen LogP contribution in [0.15, 0.2) is 24.3 Å². The van der Waals surface area contributed by atoms with Crippen molar-refractivity contribution in [1.29, 1.82) is 0 Å². The summed E-state index contributed by atoms with van der Waals surface area (Å²) in [5, 5.41) is 0. The molecular weight excluding hydrogens is 252 g/mol. The number of hydrogen-bond donors (Lipinski definition) is 1. The van der Waals surface area contributed by atoms with Crippen LogP contribution in [0.5, 0.6) is 11.5 Å². The molecule has 1 aromatic carbocycles. The van der Waals surface area contributed by atoms with Crippen LogP contribution in [-0.2, 0) is 0 Å². The van der Waals surface area contributed by atoms with Gasteiger partial charge in [-0.25, -0.2) is 0 Å². The lowest BCUT2D eigenvalue weighted by Gasteiger charge is -2.30. The fourth-order valence-corrected chi connectivity index (χ4v) is 2.49. The standard InChI is InChI=1S/C16H24N2O2/c1-18-10-4-6-14(12-18)20-16-11-13(5-3-9-17)7-8-15(16)19-2/h3,5,7-8,11,14H,4,6,9-10,12,17H2,1-2H3/b5-3+. The molecule has 2 N–H and O–H groups in total. The number of likely N-dealkylation sites (N-methyl/N-ethyl adjacent to an activating group) is 1. The largest absolute Gasteiger partial charge is 0.493 e. The van der Waals surface area contributed by atoms with Crippen LogP contribution in [0.1, 0.15) is 18.4 Å². The van der Waals surface area contributed by atoms with Gasteiger partial charge in [0, 0.05) is 13.1 Å². The minimum absolute atomic E-state index is 0.233. The molecule has 110 valence electrons. The molecular formula is C16H24N2O2. The van der Waals surface area contributed by atoms with Crippen LogP contribution in [0.4, 0.5) is 0 Å². The van der Waals surface area contributed by atoms with Crippen LogP contribution in [0.2, 0.25) is 0 Å². The van der Waals surface area contributed by atoms with Crippen molar-refractivity contribution in [2.75, 3.05) is 33.8 Å². The lowest BCUT2D eigenvalue weighted by Crippen LogP contribution is -2.38. The normalized spacial score (nSPS) is 20.2. The monoisotopic (exact) mass is 276 g/mol. The van der Waals surface area contributed by atoms with E-state index in [0.717, 1.165) is 36.6 Å². The van der Waals surface area contributed by atoms with Gasteiger partial charge in [-0.2, -0.15) is 0 Å². The number of methoxy groups -OCH3 is 1. The molecule has 1 aliphatic heterocycles. The third kappa shape index (κ3) is 3.99. The van der Waals surface area contributed by atoms with Gasteiger partial charge in [-0.1, -0.05) is 18.2 Å². The highest BCUT2D eigenvalue weighted by Crippen LogP contribution is 2.30. The molecule has 0 spiro atoms.